The van der Waals surface area contributed by atoms with E-state index in [4.69, 9.17) is 11.1 Å². The Labute approximate surface area is 112 Å². The molecule has 2 aliphatic heterocycles. The normalized spacial score (nSPS) is 24.9. The third kappa shape index (κ3) is 1.64. The SMILES string of the molecule is CC(C)CC1(N)C(=N)C2=NNNN2c2ccccc21. The van der Waals surface area contributed by atoms with Crippen molar-refractivity contribution in [3.8, 4) is 0 Å². The summed E-state index contributed by atoms with van der Waals surface area (Å²) in [5.74, 6) is 0.940. The van der Waals surface area contributed by atoms with Gasteiger partial charge >= 0.3 is 0 Å². The lowest BCUT2D eigenvalue weighted by atomic mass is 9.76. The Morgan fingerprint density at radius 3 is 2.89 bits per heavy atom. The molecule has 100 valence electrons. The molecule has 1 aromatic carbocycles. The van der Waals surface area contributed by atoms with Crippen LogP contribution in [-0.2, 0) is 5.54 Å². The standard InChI is InChI=1S/C13H18N6/c1-8(2)7-13(15)9-5-3-4-6-10(9)19-12(11(13)14)16-17-18-19/h3-6,8,14,17-18H,7,15H2,1-2H3. The van der Waals surface area contributed by atoms with Crippen molar-refractivity contribution in [1.82, 2.24) is 11.1 Å². The molecule has 0 spiro atoms. The summed E-state index contributed by atoms with van der Waals surface area (Å²) in [5, 5.41) is 14.3. The molecule has 5 N–H and O–H groups in total. The minimum atomic E-state index is -0.784. The van der Waals surface area contributed by atoms with Crippen molar-refractivity contribution in [3.05, 3.63) is 29.8 Å². The number of nitrogens with one attached hydrogen (secondary N) is 3. The van der Waals surface area contributed by atoms with Crippen LogP contribution in [0, 0.1) is 11.3 Å². The minimum Gasteiger partial charge on any atom is -0.316 e. The molecule has 1 aromatic rings. The predicted molar refractivity (Wildman–Crippen MR) is 75.7 cm³/mol. The van der Waals surface area contributed by atoms with Gasteiger partial charge in [-0.05, 0) is 18.4 Å². The van der Waals surface area contributed by atoms with Gasteiger partial charge in [0.05, 0.1) is 11.2 Å². The number of fused-ring (bicyclic) bond motifs is 3. The van der Waals surface area contributed by atoms with Crippen molar-refractivity contribution in [3.63, 3.8) is 0 Å². The van der Waals surface area contributed by atoms with E-state index < -0.39 is 5.54 Å². The summed E-state index contributed by atoms with van der Waals surface area (Å²) in [6, 6.07) is 7.89. The van der Waals surface area contributed by atoms with Crippen LogP contribution in [0.15, 0.2) is 29.4 Å². The molecule has 6 nitrogen and oxygen atoms in total. The van der Waals surface area contributed by atoms with Crippen LogP contribution >= 0.6 is 0 Å². The highest BCUT2D eigenvalue weighted by molar-refractivity contribution is 6.49. The molecule has 3 rings (SSSR count). The summed E-state index contributed by atoms with van der Waals surface area (Å²) >= 11 is 0. The molecule has 0 saturated heterocycles. The molecular weight excluding hydrogens is 240 g/mol. The molecule has 19 heavy (non-hydrogen) atoms. The number of benzene rings is 1. The lowest BCUT2D eigenvalue weighted by Crippen LogP contribution is -2.59. The number of amidine groups is 1. The van der Waals surface area contributed by atoms with Crippen LogP contribution in [0.2, 0.25) is 0 Å². The zero-order valence-electron chi connectivity index (χ0n) is 11.1. The molecule has 0 aliphatic carbocycles. The van der Waals surface area contributed by atoms with Crippen molar-refractivity contribution in [2.45, 2.75) is 25.8 Å². The lowest BCUT2D eigenvalue weighted by Gasteiger charge is -2.40. The van der Waals surface area contributed by atoms with Gasteiger partial charge in [0.25, 0.3) is 0 Å². The van der Waals surface area contributed by atoms with Gasteiger partial charge in [-0.1, -0.05) is 32.0 Å². The van der Waals surface area contributed by atoms with E-state index in [-0.39, 0.29) is 0 Å². The monoisotopic (exact) mass is 258 g/mol. The van der Waals surface area contributed by atoms with E-state index in [9.17, 15) is 0 Å². The van der Waals surface area contributed by atoms with Gasteiger partial charge in [0, 0.05) is 5.56 Å². The van der Waals surface area contributed by atoms with Gasteiger partial charge in [-0.3, -0.25) is 5.41 Å². The Bertz CT molecular complexity index is 564. The molecule has 0 bridgehead atoms. The van der Waals surface area contributed by atoms with Gasteiger partial charge < -0.3 is 5.73 Å². The van der Waals surface area contributed by atoms with Crippen molar-refractivity contribution in [2.24, 2.45) is 16.8 Å². The third-order valence-corrected chi connectivity index (χ3v) is 3.56. The van der Waals surface area contributed by atoms with Gasteiger partial charge in [0.2, 0.25) is 0 Å². The molecule has 0 radical (unpaired) electrons. The zero-order chi connectivity index (χ0) is 13.6. The average Bonchev–Trinajstić information content (AvgIpc) is 2.85. The molecule has 0 amide bonds. The quantitative estimate of drug-likeness (QED) is 0.638. The Morgan fingerprint density at radius 2 is 2.16 bits per heavy atom. The Kier molecular flexibility index (Phi) is 2.58. The van der Waals surface area contributed by atoms with Gasteiger partial charge in [-0.2, -0.15) is 0 Å². The molecule has 2 heterocycles. The number of hydrogen-bond acceptors (Lipinski definition) is 6. The maximum atomic E-state index is 8.42. The van der Waals surface area contributed by atoms with E-state index in [1.165, 1.54) is 0 Å². The number of nitrogens with two attached hydrogens (primary N) is 1. The topological polar surface area (TPSA) is 89.5 Å². The first kappa shape index (κ1) is 12.1. The number of hydrazine groups is 2. The van der Waals surface area contributed by atoms with Crippen molar-refractivity contribution < 1.29 is 0 Å². The van der Waals surface area contributed by atoms with Crippen LogP contribution in [-0.4, -0.2) is 11.5 Å². The summed E-state index contributed by atoms with van der Waals surface area (Å²) in [6.45, 7) is 4.23. The van der Waals surface area contributed by atoms with Crippen molar-refractivity contribution in [1.29, 1.82) is 5.41 Å². The first-order chi connectivity index (χ1) is 9.04. The van der Waals surface area contributed by atoms with E-state index in [0.717, 1.165) is 17.7 Å². The molecule has 0 saturated carbocycles. The van der Waals surface area contributed by atoms with Crippen LogP contribution in [0.25, 0.3) is 0 Å². The summed E-state index contributed by atoms with van der Waals surface area (Å²) in [7, 11) is 0. The molecular formula is C13H18N6. The Balaban J connectivity index is 2.19. The van der Waals surface area contributed by atoms with E-state index in [1.54, 1.807) is 5.01 Å². The predicted octanol–water partition coefficient (Wildman–Crippen LogP) is 1.06. The van der Waals surface area contributed by atoms with Crippen LogP contribution < -0.4 is 21.8 Å². The number of hydrazone groups is 1. The number of rotatable bonds is 2. The minimum absolute atomic E-state index is 0.345. The fraction of sp³-hybridized carbons (Fsp3) is 0.385. The largest absolute Gasteiger partial charge is 0.316 e. The molecule has 2 aliphatic rings. The summed E-state index contributed by atoms with van der Waals surface area (Å²) in [6.07, 6.45) is 0.718. The molecule has 6 heteroatoms. The van der Waals surface area contributed by atoms with Crippen LogP contribution in [0.4, 0.5) is 5.69 Å². The second-order valence-electron chi connectivity index (χ2n) is 5.46. The third-order valence-electron chi connectivity index (χ3n) is 3.56. The van der Waals surface area contributed by atoms with Gasteiger partial charge in [0.15, 0.2) is 5.84 Å². The fourth-order valence-corrected chi connectivity index (χ4v) is 2.81. The van der Waals surface area contributed by atoms with E-state index >= 15 is 0 Å². The molecule has 1 atom stereocenters. The van der Waals surface area contributed by atoms with Crippen molar-refractivity contribution in [2.75, 3.05) is 5.01 Å². The van der Waals surface area contributed by atoms with E-state index in [1.807, 2.05) is 24.3 Å². The summed E-state index contributed by atoms with van der Waals surface area (Å²) < 4.78 is 0. The fourth-order valence-electron chi connectivity index (χ4n) is 2.81. The van der Waals surface area contributed by atoms with Gasteiger partial charge in [0.1, 0.15) is 5.71 Å². The summed E-state index contributed by atoms with van der Waals surface area (Å²) in [4.78, 5) is 0. The van der Waals surface area contributed by atoms with E-state index in [0.29, 0.717) is 17.5 Å². The Morgan fingerprint density at radius 1 is 1.42 bits per heavy atom. The maximum absolute atomic E-state index is 8.42. The number of para-hydroxylation sites is 1. The highest BCUT2D eigenvalue weighted by Crippen LogP contribution is 2.39. The highest BCUT2D eigenvalue weighted by Gasteiger charge is 2.46. The maximum Gasteiger partial charge on any atom is 0.193 e. The molecule has 0 aromatic heterocycles. The van der Waals surface area contributed by atoms with Crippen molar-refractivity contribution >= 4 is 17.2 Å². The average molecular weight is 258 g/mol. The Hall–Kier alpha value is -1.92. The number of anilines is 1. The van der Waals surface area contributed by atoms with E-state index in [2.05, 4.69) is 30.0 Å². The lowest BCUT2D eigenvalue weighted by molar-refractivity contribution is 0.444. The number of nitrogens with zero attached hydrogens (tertiary/aromatic N) is 2. The first-order valence-electron chi connectivity index (χ1n) is 6.40. The zero-order valence-corrected chi connectivity index (χ0v) is 11.1. The van der Waals surface area contributed by atoms with Gasteiger partial charge in [-0.25, -0.2) is 10.5 Å². The number of hydrogen-bond donors (Lipinski definition) is 4. The van der Waals surface area contributed by atoms with Crippen LogP contribution in [0.1, 0.15) is 25.8 Å². The smallest absolute Gasteiger partial charge is 0.193 e. The second kappa shape index (κ2) is 4.04. The highest BCUT2D eigenvalue weighted by atomic mass is 15.8. The van der Waals surface area contributed by atoms with Crippen LogP contribution in [0.3, 0.4) is 0 Å². The van der Waals surface area contributed by atoms with Crippen LogP contribution in [0.5, 0.6) is 0 Å². The van der Waals surface area contributed by atoms with Gasteiger partial charge in [-0.15, -0.1) is 10.6 Å². The first-order valence-corrected chi connectivity index (χ1v) is 6.40. The summed E-state index contributed by atoms with van der Waals surface area (Å²) in [5.41, 5.74) is 13.7. The molecule has 0 fully saturated rings. The second-order valence-corrected chi connectivity index (χ2v) is 5.46. The molecule has 1 unspecified atom stereocenters.